The van der Waals surface area contributed by atoms with Gasteiger partial charge in [-0.05, 0) is 44.3 Å². The van der Waals surface area contributed by atoms with Crippen LogP contribution in [0.2, 0.25) is 0 Å². The summed E-state index contributed by atoms with van der Waals surface area (Å²) >= 11 is 3.45. The molecule has 4 heteroatoms. The summed E-state index contributed by atoms with van der Waals surface area (Å²) in [6.07, 6.45) is 1.14. The highest BCUT2D eigenvalue weighted by molar-refractivity contribution is 9.10. The van der Waals surface area contributed by atoms with Crippen molar-refractivity contribution in [2.24, 2.45) is 0 Å². The summed E-state index contributed by atoms with van der Waals surface area (Å²) in [6, 6.07) is 8.52. The summed E-state index contributed by atoms with van der Waals surface area (Å²) in [7, 11) is 2.12. The molecule has 1 fully saturated rings. The van der Waals surface area contributed by atoms with Crippen molar-refractivity contribution in [3.05, 3.63) is 28.7 Å². The zero-order valence-electron chi connectivity index (χ0n) is 10.1. The number of hydrogen-bond acceptors (Lipinski definition) is 3. The third kappa shape index (κ3) is 3.21. The van der Waals surface area contributed by atoms with E-state index in [9.17, 15) is 5.11 Å². The molecule has 1 saturated heterocycles. The minimum absolute atomic E-state index is 0.198. The van der Waals surface area contributed by atoms with Gasteiger partial charge in [0.05, 0.1) is 12.6 Å². The van der Waals surface area contributed by atoms with Gasteiger partial charge in [-0.25, -0.2) is 0 Å². The largest absolute Gasteiger partial charge is 0.394 e. The van der Waals surface area contributed by atoms with E-state index >= 15 is 0 Å². The van der Waals surface area contributed by atoms with Crippen molar-refractivity contribution in [3.8, 4) is 0 Å². The van der Waals surface area contributed by atoms with Crippen LogP contribution < -0.4 is 4.90 Å². The molecule has 1 unspecified atom stereocenters. The quantitative estimate of drug-likeness (QED) is 0.904. The lowest BCUT2D eigenvalue weighted by molar-refractivity contribution is 0.229. The summed E-state index contributed by atoms with van der Waals surface area (Å²) in [5.41, 5.74) is 1.20. The molecule has 94 valence electrons. The van der Waals surface area contributed by atoms with Gasteiger partial charge in [0, 0.05) is 23.2 Å². The van der Waals surface area contributed by atoms with Crippen LogP contribution in [0.3, 0.4) is 0 Å². The molecule has 0 amide bonds. The van der Waals surface area contributed by atoms with Crippen LogP contribution in [0.15, 0.2) is 28.7 Å². The van der Waals surface area contributed by atoms with Crippen LogP contribution in [0.4, 0.5) is 5.69 Å². The Bertz CT molecular complexity index is 355. The Balaban J connectivity index is 2.19. The smallest absolute Gasteiger partial charge is 0.0647 e. The van der Waals surface area contributed by atoms with Crippen LogP contribution in [-0.4, -0.2) is 49.3 Å². The Morgan fingerprint density at radius 3 is 2.65 bits per heavy atom. The molecular formula is C13H19BrN2O. The number of halogens is 1. The highest BCUT2D eigenvalue weighted by atomic mass is 79.9. The van der Waals surface area contributed by atoms with Gasteiger partial charge in [-0.15, -0.1) is 0 Å². The number of hydrogen-bond donors (Lipinski definition) is 1. The fourth-order valence-corrected chi connectivity index (χ4v) is 2.64. The summed E-state index contributed by atoms with van der Waals surface area (Å²) in [4.78, 5) is 4.61. The van der Waals surface area contributed by atoms with E-state index in [1.54, 1.807) is 0 Å². The molecule has 17 heavy (non-hydrogen) atoms. The molecule has 0 aromatic heterocycles. The van der Waals surface area contributed by atoms with Crippen molar-refractivity contribution < 1.29 is 5.11 Å². The van der Waals surface area contributed by atoms with E-state index in [0.717, 1.165) is 30.5 Å². The normalized spacial score (nSPS) is 22.5. The lowest BCUT2D eigenvalue weighted by Crippen LogP contribution is -2.42. The Hall–Kier alpha value is -0.580. The van der Waals surface area contributed by atoms with Crippen LogP contribution in [0.5, 0.6) is 0 Å². The van der Waals surface area contributed by atoms with Gasteiger partial charge in [-0.2, -0.15) is 0 Å². The summed E-state index contributed by atoms with van der Waals surface area (Å²) in [5.74, 6) is 0. The molecule has 0 aliphatic carbocycles. The molecule has 1 aliphatic rings. The number of likely N-dealkylation sites (N-methyl/N-ethyl adjacent to an activating group) is 1. The fraction of sp³-hybridized carbons (Fsp3) is 0.538. The summed E-state index contributed by atoms with van der Waals surface area (Å²) in [5, 5.41) is 9.54. The zero-order chi connectivity index (χ0) is 12.3. The predicted molar refractivity (Wildman–Crippen MR) is 74.5 cm³/mol. The standard InChI is InChI=1S/C13H19BrN2O/c1-15-7-2-8-16(13(9-15)10-17)12-5-3-11(14)4-6-12/h3-6,13,17H,2,7-10H2,1H3. The molecule has 1 heterocycles. The maximum absolute atomic E-state index is 9.54. The second-order valence-electron chi connectivity index (χ2n) is 4.62. The monoisotopic (exact) mass is 298 g/mol. The molecule has 1 aromatic carbocycles. The van der Waals surface area contributed by atoms with Crippen LogP contribution in [0, 0.1) is 0 Å². The minimum atomic E-state index is 0.198. The van der Waals surface area contributed by atoms with E-state index in [4.69, 9.17) is 0 Å². The highest BCUT2D eigenvalue weighted by Gasteiger charge is 2.22. The molecule has 1 aromatic rings. The average molecular weight is 299 g/mol. The minimum Gasteiger partial charge on any atom is -0.394 e. The Morgan fingerprint density at radius 1 is 1.29 bits per heavy atom. The Morgan fingerprint density at radius 2 is 2.00 bits per heavy atom. The zero-order valence-corrected chi connectivity index (χ0v) is 11.7. The molecule has 0 saturated carbocycles. The lowest BCUT2D eigenvalue weighted by Gasteiger charge is -2.31. The topological polar surface area (TPSA) is 26.7 Å². The van der Waals surface area contributed by atoms with Crippen molar-refractivity contribution in [3.63, 3.8) is 0 Å². The van der Waals surface area contributed by atoms with Crippen molar-refractivity contribution in [2.75, 3.05) is 38.2 Å². The van der Waals surface area contributed by atoms with E-state index in [1.165, 1.54) is 5.69 Å². The van der Waals surface area contributed by atoms with Crippen LogP contribution in [0.25, 0.3) is 0 Å². The second kappa shape index (κ2) is 5.85. The van der Waals surface area contributed by atoms with Gasteiger partial charge in [-0.1, -0.05) is 15.9 Å². The van der Waals surface area contributed by atoms with E-state index in [-0.39, 0.29) is 12.6 Å². The number of benzene rings is 1. The predicted octanol–water partition coefficient (Wildman–Crippen LogP) is 1.95. The highest BCUT2D eigenvalue weighted by Crippen LogP contribution is 2.22. The molecule has 0 radical (unpaired) electrons. The van der Waals surface area contributed by atoms with Gasteiger partial charge in [0.2, 0.25) is 0 Å². The third-order valence-electron chi connectivity index (χ3n) is 3.27. The second-order valence-corrected chi connectivity index (χ2v) is 5.54. The molecule has 3 nitrogen and oxygen atoms in total. The molecule has 0 bridgehead atoms. The van der Waals surface area contributed by atoms with Crippen LogP contribution >= 0.6 is 15.9 Å². The Kier molecular flexibility index (Phi) is 4.42. The van der Waals surface area contributed by atoms with E-state index in [2.05, 4.69) is 57.0 Å². The fourth-order valence-electron chi connectivity index (χ4n) is 2.37. The van der Waals surface area contributed by atoms with Crippen LogP contribution in [-0.2, 0) is 0 Å². The van der Waals surface area contributed by atoms with Gasteiger partial charge >= 0.3 is 0 Å². The van der Waals surface area contributed by atoms with Gasteiger partial charge in [-0.3, -0.25) is 0 Å². The molecule has 1 aliphatic heterocycles. The van der Waals surface area contributed by atoms with Crippen molar-refractivity contribution >= 4 is 21.6 Å². The molecule has 1 N–H and O–H groups in total. The van der Waals surface area contributed by atoms with Gasteiger partial charge in [0.15, 0.2) is 0 Å². The molecular weight excluding hydrogens is 280 g/mol. The average Bonchev–Trinajstić information content (AvgIpc) is 2.52. The van der Waals surface area contributed by atoms with Crippen molar-refractivity contribution in [2.45, 2.75) is 12.5 Å². The third-order valence-corrected chi connectivity index (χ3v) is 3.80. The summed E-state index contributed by atoms with van der Waals surface area (Å²) < 4.78 is 1.09. The lowest BCUT2D eigenvalue weighted by atomic mass is 10.2. The van der Waals surface area contributed by atoms with Crippen molar-refractivity contribution in [1.29, 1.82) is 0 Å². The van der Waals surface area contributed by atoms with E-state index in [0.29, 0.717) is 0 Å². The maximum atomic E-state index is 9.54. The molecule has 1 atom stereocenters. The Labute approximate surface area is 111 Å². The van der Waals surface area contributed by atoms with Crippen LogP contribution in [0.1, 0.15) is 6.42 Å². The first-order chi connectivity index (χ1) is 8.20. The SMILES string of the molecule is CN1CCCN(c2ccc(Br)cc2)C(CO)C1. The van der Waals surface area contributed by atoms with Gasteiger partial charge in [0.25, 0.3) is 0 Å². The number of aliphatic hydroxyl groups is 1. The molecule has 0 spiro atoms. The number of rotatable bonds is 2. The first kappa shape index (κ1) is 12.9. The van der Waals surface area contributed by atoms with Gasteiger partial charge in [0.1, 0.15) is 0 Å². The number of aliphatic hydroxyl groups excluding tert-OH is 1. The van der Waals surface area contributed by atoms with E-state index < -0.39 is 0 Å². The van der Waals surface area contributed by atoms with Gasteiger partial charge < -0.3 is 14.9 Å². The van der Waals surface area contributed by atoms with Crippen molar-refractivity contribution in [1.82, 2.24) is 4.90 Å². The maximum Gasteiger partial charge on any atom is 0.0647 e. The summed E-state index contributed by atoms with van der Waals surface area (Å²) in [6.45, 7) is 3.24. The first-order valence-corrected chi connectivity index (χ1v) is 6.81. The van der Waals surface area contributed by atoms with E-state index in [1.807, 2.05) is 0 Å². The molecule has 2 rings (SSSR count). The number of anilines is 1. The number of nitrogens with zero attached hydrogens (tertiary/aromatic N) is 2. The first-order valence-electron chi connectivity index (χ1n) is 6.02.